The van der Waals surface area contributed by atoms with Crippen LogP contribution < -0.4 is 22.1 Å². The Morgan fingerprint density at radius 2 is 2.00 bits per heavy atom. The van der Waals surface area contributed by atoms with E-state index in [9.17, 15) is 19.8 Å². The molecule has 0 spiro atoms. The highest BCUT2D eigenvalue weighted by Crippen LogP contribution is 2.52. The number of carbonyl (C=O) groups is 2. The van der Waals surface area contributed by atoms with Crippen molar-refractivity contribution in [3.8, 4) is 0 Å². The standard InChI is InChI=1S/C37H64N4O7/c1-5-7-8-9-23(24-10-11-30(38)41-19-24)18-37(4)29(47-36(45)21(3)6-2)17-26-33(44)32-28(43)16-25(20-42)46-35(32)27(34(26)48-37)14-22-12-13-40-31(39)15-22/h6,22-27,29-35,40-42,44H,5,7-20,38-39H2,1-4H3/p+1/t22?,23-,24?,25?,26?,27?,29-,30?,31?,32?,33?,34?,35?,37-/m1/s1. The lowest BCUT2D eigenvalue weighted by Crippen LogP contribution is -2.95. The maximum Gasteiger partial charge on any atom is 0.333 e. The van der Waals surface area contributed by atoms with Crippen molar-refractivity contribution in [2.45, 2.75) is 153 Å². The van der Waals surface area contributed by atoms with Gasteiger partial charge in [0.25, 0.3) is 0 Å². The zero-order chi connectivity index (χ0) is 34.6. The van der Waals surface area contributed by atoms with E-state index in [2.05, 4.69) is 24.5 Å². The van der Waals surface area contributed by atoms with Gasteiger partial charge in [0.1, 0.15) is 23.7 Å². The van der Waals surface area contributed by atoms with Crippen LogP contribution in [-0.2, 0) is 23.8 Å². The lowest BCUT2D eigenvalue weighted by Gasteiger charge is -2.58. The Hall–Kier alpha value is -1.44. The van der Waals surface area contributed by atoms with Crippen LogP contribution in [0.15, 0.2) is 11.6 Å². The molecule has 14 atom stereocenters. The quantitative estimate of drug-likeness (QED) is 0.101. The second kappa shape index (κ2) is 16.7. The number of piperidine rings is 2. The molecular formula is C37H65N4O7+. The molecule has 9 N–H and O–H groups in total. The summed E-state index contributed by atoms with van der Waals surface area (Å²) in [5.74, 6) is -0.585. The molecule has 11 heteroatoms. The van der Waals surface area contributed by atoms with Crippen molar-refractivity contribution in [3.63, 3.8) is 0 Å². The number of aliphatic hydroxyl groups excluding tert-OH is 2. The van der Waals surface area contributed by atoms with Crippen molar-refractivity contribution >= 4 is 11.8 Å². The summed E-state index contributed by atoms with van der Waals surface area (Å²) in [6, 6.07) is 0. The topological polar surface area (TPSA) is 183 Å². The summed E-state index contributed by atoms with van der Waals surface area (Å²) in [4.78, 5) is 27.0. The number of nitrogens with two attached hydrogens (primary N) is 3. The molecule has 1 aliphatic carbocycles. The van der Waals surface area contributed by atoms with Crippen molar-refractivity contribution in [1.82, 2.24) is 5.32 Å². The largest absolute Gasteiger partial charge is 0.456 e. The number of quaternary nitrogens is 1. The first-order valence-electron chi connectivity index (χ1n) is 19.0. The molecule has 4 saturated heterocycles. The Labute approximate surface area is 287 Å². The predicted molar refractivity (Wildman–Crippen MR) is 182 cm³/mol. The summed E-state index contributed by atoms with van der Waals surface area (Å²) in [5, 5.41) is 27.7. The van der Waals surface area contributed by atoms with Crippen LogP contribution in [0.5, 0.6) is 0 Å². The van der Waals surface area contributed by atoms with E-state index < -0.39 is 48.0 Å². The van der Waals surface area contributed by atoms with Gasteiger partial charge in [-0.15, -0.1) is 0 Å². The van der Waals surface area contributed by atoms with E-state index in [4.69, 9.17) is 25.7 Å². The number of allylic oxidation sites excluding steroid dienone is 1. The Kier molecular flexibility index (Phi) is 13.2. The van der Waals surface area contributed by atoms with Gasteiger partial charge in [-0.3, -0.25) is 10.5 Å². The van der Waals surface area contributed by atoms with Gasteiger partial charge < -0.3 is 40.8 Å². The monoisotopic (exact) mass is 677 g/mol. The Bertz CT molecular complexity index is 1120. The maximum absolute atomic E-state index is 13.6. The summed E-state index contributed by atoms with van der Waals surface area (Å²) in [7, 11) is 0. The number of Topliss-reactive ketones (excluding diaryl/α,β-unsaturated/α-hetero) is 1. The second-order valence-electron chi connectivity index (χ2n) is 16.0. The number of carbonyl (C=O) groups excluding carboxylic acids is 2. The minimum Gasteiger partial charge on any atom is -0.456 e. The molecule has 48 heavy (non-hydrogen) atoms. The molecule has 0 aromatic heterocycles. The van der Waals surface area contributed by atoms with E-state index in [1.165, 1.54) is 6.42 Å². The number of ether oxygens (including phenoxy) is 3. The third-order valence-corrected chi connectivity index (χ3v) is 12.6. The second-order valence-corrected chi connectivity index (χ2v) is 16.0. The average Bonchev–Trinajstić information content (AvgIpc) is 3.06. The minimum atomic E-state index is -0.998. The van der Waals surface area contributed by atoms with Gasteiger partial charge >= 0.3 is 5.97 Å². The van der Waals surface area contributed by atoms with Crippen molar-refractivity contribution in [2.24, 2.45) is 47.0 Å². The normalized spacial score (nSPS) is 42.8. The van der Waals surface area contributed by atoms with Crippen molar-refractivity contribution in [3.05, 3.63) is 11.6 Å². The Balaban J connectivity index is 1.50. The van der Waals surface area contributed by atoms with Crippen LogP contribution in [0.25, 0.3) is 0 Å². The SMILES string of the molecule is CC=C(C)C(=O)O[C@@H]1CC2C(O)C3C(=O)CC(CO)OC3C(CC3CCNC(N)C3)C2O[C@]1(C)C[C@@H](CCCCC)C1CCC(N)[NH2+]C1. The van der Waals surface area contributed by atoms with Gasteiger partial charge in [-0.2, -0.15) is 0 Å². The third kappa shape index (κ3) is 8.53. The van der Waals surface area contributed by atoms with Crippen LogP contribution in [0.4, 0.5) is 0 Å². The lowest BCUT2D eigenvalue weighted by atomic mass is 9.60. The Morgan fingerprint density at radius 1 is 1.21 bits per heavy atom. The van der Waals surface area contributed by atoms with Gasteiger partial charge in [0.05, 0.1) is 49.7 Å². The van der Waals surface area contributed by atoms with E-state index in [0.717, 1.165) is 70.9 Å². The van der Waals surface area contributed by atoms with Crippen molar-refractivity contribution in [2.75, 3.05) is 19.7 Å². The third-order valence-electron chi connectivity index (χ3n) is 12.6. The summed E-state index contributed by atoms with van der Waals surface area (Å²) in [6.45, 7) is 9.48. The number of esters is 1. The van der Waals surface area contributed by atoms with Crippen LogP contribution in [0.3, 0.4) is 0 Å². The van der Waals surface area contributed by atoms with Crippen molar-refractivity contribution in [1.29, 1.82) is 0 Å². The fraction of sp³-hybridized carbons (Fsp3) is 0.892. The molecule has 5 aliphatic rings. The van der Waals surface area contributed by atoms with E-state index in [0.29, 0.717) is 29.7 Å². The molecule has 4 aliphatic heterocycles. The van der Waals surface area contributed by atoms with Crippen molar-refractivity contribution < 1.29 is 39.3 Å². The Morgan fingerprint density at radius 3 is 2.67 bits per heavy atom. The molecule has 0 aromatic carbocycles. The van der Waals surface area contributed by atoms with Gasteiger partial charge in [-0.05, 0) is 84.1 Å². The number of rotatable bonds is 12. The molecular weight excluding hydrogens is 612 g/mol. The smallest absolute Gasteiger partial charge is 0.333 e. The molecule has 274 valence electrons. The van der Waals surface area contributed by atoms with Gasteiger partial charge in [0, 0.05) is 36.2 Å². The summed E-state index contributed by atoms with van der Waals surface area (Å²) >= 11 is 0. The highest BCUT2D eigenvalue weighted by Gasteiger charge is 2.62. The molecule has 1 saturated carbocycles. The zero-order valence-electron chi connectivity index (χ0n) is 29.9. The first-order valence-corrected chi connectivity index (χ1v) is 19.0. The van der Waals surface area contributed by atoms with Gasteiger partial charge in [-0.1, -0.05) is 32.3 Å². The van der Waals surface area contributed by atoms with E-state index >= 15 is 0 Å². The molecule has 0 amide bonds. The van der Waals surface area contributed by atoms with Crippen LogP contribution in [0, 0.1) is 35.5 Å². The van der Waals surface area contributed by atoms with Crippen LogP contribution in [0.1, 0.15) is 105 Å². The minimum absolute atomic E-state index is 0.0716. The maximum atomic E-state index is 13.6. The molecule has 0 radical (unpaired) electrons. The van der Waals surface area contributed by atoms with E-state index in [-0.39, 0.29) is 43.0 Å². The summed E-state index contributed by atoms with van der Waals surface area (Å²) < 4.78 is 20.2. The lowest BCUT2D eigenvalue weighted by molar-refractivity contribution is -0.704. The number of nitrogens with one attached hydrogen (secondary N) is 1. The summed E-state index contributed by atoms with van der Waals surface area (Å²) in [6.07, 6.45) is 8.97. The molecule has 11 unspecified atom stereocenters. The zero-order valence-corrected chi connectivity index (χ0v) is 29.9. The number of hydrogen-bond acceptors (Lipinski definition) is 10. The van der Waals surface area contributed by atoms with Crippen LogP contribution in [-0.4, -0.2) is 90.1 Å². The highest BCUT2D eigenvalue weighted by atomic mass is 16.6. The van der Waals surface area contributed by atoms with E-state index in [1.54, 1.807) is 13.0 Å². The molecule has 11 nitrogen and oxygen atoms in total. The molecule has 5 rings (SSSR count). The number of hydrogen-bond donors (Lipinski definition) is 6. The summed E-state index contributed by atoms with van der Waals surface area (Å²) in [5.41, 5.74) is 12.4. The van der Waals surface area contributed by atoms with Gasteiger partial charge in [0.2, 0.25) is 0 Å². The van der Waals surface area contributed by atoms with Gasteiger partial charge in [-0.25, -0.2) is 4.79 Å². The highest BCUT2D eigenvalue weighted by molar-refractivity contribution is 5.87. The van der Waals surface area contributed by atoms with Gasteiger partial charge in [0.15, 0.2) is 0 Å². The molecule has 5 fully saturated rings. The van der Waals surface area contributed by atoms with Crippen LogP contribution in [0.2, 0.25) is 0 Å². The van der Waals surface area contributed by atoms with E-state index in [1.807, 2.05) is 6.92 Å². The fourth-order valence-electron chi connectivity index (χ4n) is 9.75. The molecule has 0 bridgehead atoms. The predicted octanol–water partition coefficient (Wildman–Crippen LogP) is 1.87. The molecule has 4 heterocycles. The first-order chi connectivity index (χ1) is 23.0. The average molecular weight is 678 g/mol. The number of ketones is 1. The fourth-order valence-corrected chi connectivity index (χ4v) is 9.75. The molecule has 0 aromatic rings. The number of fused-ring (bicyclic) bond motifs is 2. The number of unbranched alkanes of at least 4 members (excludes halogenated alkanes) is 2. The van der Waals surface area contributed by atoms with Crippen LogP contribution >= 0.6 is 0 Å². The first kappa shape index (κ1) is 37.8. The number of aliphatic hydroxyl groups is 2.